The molecule has 4 aliphatic rings. The summed E-state index contributed by atoms with van der Waals surface area (Å²) >= 11 is 0. The Hall–Kier alpha value is -1.22. The molecule has 0 radical (unpaired) electrons. The number of hydrogen-bond donors (Lipinski definition) is 1. The molecule has 0 bridgehead atoms. The van der Waals surface area contributed by atoms with Crippen molar-refractivity contribution in [2.45, 2.75) is 50.9 Å². The Bertz CT molecular complexity index is 788. The van der Waals surface area contributed by atoms with Gasteiger partial charge in [0.1, 0.15) is 13.2 Å². The van der Waals surface area contributed by atoms with Crippen LogP contribution < -0.4 is 14.8 Å². The molecule has 6 nitrogen and oxygen atoms in total. The number of benzene rings is 1. The third-order valence-corrected chi connectivity index (χ3v) is 7.50. The lowest BCUT2D eigenvalue weighted by Gasteiger charge is -2.31. The molecule has 1 saturated carbocycles. The smallest absolute Gasteiger partial charge is 0.193 e. The van der Waals surface area contributed by atoms with Gasteiger partial charge in [0.15, 0.2) is 17.5 Å². The van der Waals surface area contributed by atoms with Crippen molar-refractivity contribution >= 4 is 29.9 Å². The van der Waals surface area contributed by atoms with E-state index in [2.05, 4.69) is 35.3 Å². The normalized spacial score (nSPS) is 26.9. The Morgan fingerprint density at radius 2 is 1.87 bits per heavy atom. The van der Waals surface area contributed by atoms with Gasteiger partial charge in [-0.3, -0.25) is 4.99 Å². The van der Waals surface area contributed by atoms with E-state index in [0.717, 1.165) is 56.9 Å². The van der Waals surface area contributed by atoms with Crippen molar-refractivity contribution in [1.82, 2.24) is 10.2 Å². The number of aliphatic imine (C=N–C) groups is 1. The maximum absolute atomic E-state index is 5.87. The van der Waals surface area contributed by atoms with Crippen LogP contribution in [0.3, 0.4) is 0 Å². The summed E-state index contributed by atoms with van der Waals surface area (Å²) in [5.41, 5.74) is 1.80. The van der Waals surface area contributed by atoms with Gasteiger partial charge in [0.25, 0.3) is 0 Å². The molecule has 31 heavy (non-hydrogen) atoms. The van der Waals surface area contributed by atoms with Gasteiger partial charge in [0, 0.05) is 37.1 Å². The number of nitrogens with zero attached hydrogens (tertiary/aromatic N) is 2. The average molecular weight is 541 g/mol. The molecule has 0 aromatic heterocycles. The molecule has 1 aromatic carbocycles. The monoisotopic (exact) mass is 541 g/mol. The Kier molecular flexibility index (Phi) is 7.20. The standard InChI is InChI=1S/C24H35N3O3.HI/c1-2-25-22(27-11-9-23(17-27)10-12-28-18-23)26-16-24(7-3-4-8-24)19-5-6-20-21(15-19)30-14-13-29-20;/h5-6,15H,2-4,7-14,16-18H2,1H3,(H,25,26);1H. The molecule has 7 heteroatoms. The highest BCUT2D eigenvalue weighted by molar-refractivity contribution is 14.0. The number of guanidine groups is 1. The van der Waals surface area contributed by atoms with Gasteiger partial charge in [-0.05, 0) is 50.3 Å². The second-order valence-corrected chi connectivity index (χ2v) is 9.49. The van der Waals surface area contributed by atoms with E-state index in [9.17, 15) is 0 Å². The fourth-order valence-electron chi connectivity index (χ4n) is 5.70. The van der Waals surface area contributed by atoms with Crippen LogP contribution in [-0.2, 0) is 10.2 Å². The molecular weight excluding hydrogens is 505 g/mol. The van der Waals surface area contributed by atoms with E-state index in [1.165, 1.54) is 44.1 Å². The highest BCUT2D eigenvalue weighted by Gasteiger charge is 2.42. The van der Waals surface area contributed by atoms with Gasteiger partial charge in [0.05, 0.1) is 13.2 Å². The zero-order valence-corrected chi connectivity index (χ0v) is 21.0. The summed E-state index contributed by atoms with van der Waals surface area (Å²) in [5, 5.41) is 3.56. The maximum Gasteiger partial charge on any atom is 0.193 e. The van der Waals surface area contributed by atoms with Crippen LogP contribution in [0.25, 0.3) is 0 Å². The third-order valence-electron chi connectivity index (χ3n) is 7.50. The summed E-state index contributed by atoms with van der Waals surface area (Å²) in [7, 11) is 0. The lowest BCUT2D eigenvalue weighted by molar-refractivity contribution is 0.156. The minimum Gasteiger partial charge on any atom is -0.486 e. The van der Waals surface area contributed by atoms with Gasteiger partial charge < -0.3 is 24.4 Å². The summed E-state index contributed by atoms with van der Waals surface area (Å²) < 4.78 is 17.3. The molecule has 1 atom stereocenters. The number of likely N-dealkylation sites (tertiary alicyclic amines) is 1. The first-order valence-corrected chi connectivity index (χ1v) is 11.7. The predicted octanol–water partition coefficient (Wildman–Crippen LogP) is 3.97. The lowest BCUT2D eigenvalue weighted by Crippen LogP contribution is -2.42. The van der Waals surface area contributed by atoms with Crippen LogP contribution in [-0.4, -0.2) is 63.5 Å². The van der Waals surface area contributed by atoms with E-state index in [1.807, 2.05) is 0 Å². The molecule has 5 rings (SSSR count). The minimum absolute atomic E-state index is 0. The van der Waals surface area contributed by atoms with E-state index in [1.54, 1.807) is 0 Å². The number of hydrogen-bond acceptors (Lipinski definition) is 4. The van der Waals surface area contributed by atoms with Gasteiger partial charge in [-0.2, -0.15) is 0 Å². The molecule has 3 heterocycles. The number of fused-ring (bicyclic) bond motifs is 1. The molecule has 1 aromatic rings. The number of rotatable bonds is 4. The molecule has 2 saturated heterocycles. The third kappa shape index (κ3) is 4.63. The summed E-state index contributed by atoms with van der Waals surface area (Å²) in [6.45, 7) is 9.11. The van der Waals surface area contributed by atoms with Crippen molar-refractivity contribution in [1.29, 1.82) is 0 Å². The van der Waals surface area contributed by atoms with Crippen molar-refractivity contribution in [3.05, 3.63) is 23.8 Å². The van der Waals surface area contributed by atoms with Crippen molar-refractivity contribution in [2.75, 3.05) is 52.6 Å². The minimum atomic E-state index is 0. The van der Waals surface area contributed by atoms with Crippen molar-refractivity contribution in [3.8, 4) is 11.5 Å². The van der Waals surface area contributed by atoms with Crippen molar-refractivity contribution in [2.24, 2.45) is 10.4 Å². The first-order valence-electron chi connectivity index (χ1n) is 11.7. The summed E-state index contributed by atoms with van der Waals surface area (Å²) in [6.07, 6.45) is 7.31. The SMILES string of the molecule is CCNC(=NCC1(c2ccc3c(c2)OCCO3)CCCC1)N1CCC2(CCOC2)C1.I. The molecule has 3 aliphatic heterocycles. The molecular formula is C24H36IN3O3. The van der Waals surface area contributed by atoms with Gasteiger partial charge >= 0.3 is 0 Å². The zero-order valence-electron chi connectivity index (χ0n) is 18.7. The van der Waals surface area contributed by atoms with E-state index < -0.39 is 0 Å². The quantitative estimate of drug-likeness (QED) is 0.356. The summed E-state index contributed by atoms with van der Waals surface area (Å²) in [4.78, 5) is 7.67. The van der Waals surface area contributed by atoms with Gasteiger partial charge in [0.2, 0.25) is 0 Å². The van der Waals surface area contributed by atoms with E-state index in [-0.39, 0.29) is 29.4 Å². The number of nitrogens with one attached hydrogen (secondary N) is 1. The van der Waals surface area contributed by atoms with E-state index >= 15 is 0 Å². The molecule has 1 N–H and O–H groups in total. The molecule has 3 fully saturated rings. The Morgan fingerprint density at radius 3 is 2.61 bits per heavy atom. The van der Waals surface area contributed by atoms with Gasteiger partial charge in [-0.1, -0.05) is 18.9 Å². The largest absolute Gasteiger partial charge is 0.486 e. The van der Waals surface area contributed by atoms with Crippen LogP contribution in [0.15, 0.2) is 23.2 Å². The highest BCUT2D eigenvalue weighted by atomic mass is 127. The van der Waals surface area contributed by atoms with Crippen LogP contribution in [0.1, 0.15) is 51.0 Å². The topological polar surface area (TPSA) is 55.3 Å². The number of ether oxygens (including phenoxy) is 3. The fourth-order valence-corrected chi connectivity index (χ4v) is 5.70. The Labute approximate surface area is 203 Å². The predicted molar refractivity (Wildman–Crippen MR) is 133 cm³/mol. The molecule has 0 amide bonds. The summed E-state index contributed by atoms with van der Waals surface area (Å²) in [5.74, 6) is 2.84. The van der Waals surface area contributed by atoms with Crippen molar-refractivity contribution < 1.29 is 14.2 Å². The lowest BCUT2D eigenvalue weighted by atomic mass is 9.79. The first kappa shape index (κ1) is 23.0. The number of halogens is 1. The maximum atomic E-state index is 5.87. The van der Waals surface area contributed by atoms with Gasteiger partial charge in [-0.25, -0.2) is 0 Å². The van der Waals surface area contributed by atoms with Crippen LogP contribution in [0.5, 0.6) is 11.5 Å². The molecule has 1 unspecified atom stereocenters. The molecule has 1 spiro atoms. The van der Waals surface area contributed by atoms with Gasteiger partial charge in [-0.15, -0.1) is 24.0 Å². The highest BCUT2D eigenvalue weighted by Crippen LogP contribution is 2.44. The molecule has 1 aliphatic carbocycles. The average Bonchev–Trinajstić information content (AvgIpc) is 3.54. The van der Waals surface area contributed by atoms with E-state index in [0.29, 0.717) is 18.6 Å². The summed E-state index contributed by atoms with van der Waals surface area (Å²) in [6, 6.07) is 6.54. The van der Waals surface area contributed by atoms with Crippen LogP contribution in [0.4, 0.5) is 0 Å². The first-order chi connectivity index (χ1) is 14.7. The Balaban J connectivity index is 0.00000231. The molecule has 172 valence electrons. The zero-order chi connectivity index (χ0) is 20.4. The van der Waals surface area contributed by atoms with Crippen LogP contribution in [0, 0.1) is 5.41 Å². The second-order valence-electron chi connectivity index (χ2n) is 9.49. The van der Waals surface area contributed by atoms with Crippen LogP contribution in [0.2, 0.25) is 0 Å². The fraction of sp³-hybridized carbons (Fsp3) is 0.708. The van der Waals surface area contributed by atoms with E-state index in [4.69, 9.17) is 19.2 Å². The van der Waals surface area contributed by atoms with Crippen molar-refractivity contribution in [3.63, 3.8) is 0 Å². The Morgan fingerprint density at radius 1 is 1.06 bits per heavy atom. The second kappa shape index (κ2) is 9.73. The van der Waals surface area contributed by atoms with Crippen LogP contribution >= 0.6 is 24.0 Å².